The van der Waals surface area contributed by atoms with Crippen molar-refractivity contribution in [3.63, 3.8) is 0 Å². The standard InChI is InChI=1S/C9H23N3O2S/c1-5-12(8-6-7-10)15(13,14)11-9(2,3)4/h11H,5-8,10H2,1-4H3. The third kappa shape index (κ3) is 6.09. The third-order valence-electron chi connectivity index (χ3n) is 1.74. The van der Waals surface area contributed by atoms with Crippen molar-refractivity contribution in [2.75, 3.05) is 19.6 Å². The van der Waals surface area contributed by atoms with Crippen molar-refractivity contribution in [2.24, 2.45) is 5.73 Å². The van der Waals surface area contributed by atoms with E-state index in [-0.39, 0.29) is 0 Å². The SMILES string of the molecule is CCN(CCCN)S(=O)(=O)NC(C)(C)C. The molecule has 0 aromatic carbocycles. The monoisotopic (exact) mass is 237 g/mol. The Kier molecular flexibility index (Phi) is 5.72. The second kappa shape index (κ2) is 5.79. The van der Waals surface area contributed by atoms with E-state index in [1.165, 1.54) is 4.31 Å². The number of hydrogen-bond acceptors (Lipinski definition) is 3. The topological polar surface area (TPSA) is 75.4 Å². The van der Waals surface area contributed by atoms with Crippen LogP contribution in [0.3, 0.4) is 0 Å². The van der Waals surface area contributed by atoms with Crippen LogP contribution in [0.25, 0.3) is 0 Å². The van der Waals surface area contributed by atoms with Gasteiger partial charge in [0.15, 0.2) is 0 Å². The highest BCUT2D eigenvalue weighted by atomic mass is 32.2. The molecule has 0 bridgehead atoms. The van der Waals surface area contributed by atoms with Crippen LogP contribution in [0.5, 0.6) is 0 Å². The van der Waals surface area contributed by atoms with Gasteiger partial charge >= 0.3 is 0 Å². The van der Waals surface area contributed by atoms with Crippen LogP contribution >= 0.6 is 0 Å². The summed E-state index contributed by atoms with van der Waals surface area (Å²) in [5, 5.41) is 0. The summed E-state index contributed by atoms with van der Waals surface area (Å²) >= 11 is 0. The summed E-state index contributed by atoms with van der Waals surface area (Å²) in [6.07, 6.45) is 0.679. The molecule has 3 N–H and O–H groups in total. The van der Waals surface area contributed by atoms with Crippen molar-refractivity contribution in [1.82, 2.24) is 9.03 Å². The smallest absolute Gasteiger partial charge is 0.279 e. The van der Waals surface area contributed by atoms with Crippen LogP contribution in [0, 0.1) is 0 Å². The maximum Gasteiger partial charge on any atom is 0.279 e. The highest BCUT2D eigenvalue weighted by Gasteiger charge is 2.25. The minimum Gasteiger partial charge on any atom is -0.330 e. The summed E-state index contributed by atoms with van der Waals surface area (Å²) in [4.78, 5) is 0. The first-order valence-corrected chi connectivity index (χ1v) is 6.66. The number of nitrogens with one attached hydrogen (secondary N) is 1. The summed E-state index contributed by atoms with van der Waals surface area (Å²) in [6, 6.07) is 0. The molecule has 6 heteroatoms. The minimum atomic E-state index is -3.37. The number of hydrogen-bond donors (Lipinski definition) is 2. The van der Waals surface area contributed by atoms with Gasteiger partial charge in [0.1, 0.15) is 0 Å². The first-order chi connectivity index (χ1) is 6.73. The van der Waals surface area contributed by atoms with E-state index >= 15 is 0 Å². The average Bonchev–Trinajstić information content (AvgIpc) is 2.00. The summed E-state index contributed by atoms with van der Waals surface area (Å²) in [7, 11) is -3.37. The predicted octanol–water partition coefficient (Wildman–Crippen LogP) is 0.290. The van der Waals surface area contributed by atoms with Gasteiger partial charge in [-0.15, -0.1) is 0 Å². The Morgan fingerprint density at radius 2 is 1.87 bits per heavy atom. The van der Waals surface area contributed by atoms with Crippen LogP contribution in [-0.2, 0) is 10.2 Å². The summed E-state index contributed by atoms with van der Waals surface area (Å²) < 4.78 is 27.7. The predicted molar refractivity (Wildman–Crippen MR) is 62.7 cm³/mol. The molecule has 0 amide bonds. The molecule has 0 aromatic rings. The quantitative estimate of drug-likeness (QED) is 0.697. The molecule has 92 valence electrons. The van der Waals surface area contributed by atoms with Gasteiger partial charge in [0.05, 0.1) is 0 Å². The third-order valence-corrected chi connectivity index (χ3v) is 3.73. The zero-order chi connectivity index (χ0) is 12.1. The van der Waals surface area contributed by atoms with E-state index in [1.54, 1.807) is 0 Å². The van der Waals surface area contributed by atoms with Crippen molar-refractivity contribution >= 4 is 10.2 Å². The van der Waals surface area contributed by atoms with Gasteiger partial charge in [-0.2, -0.15) is 17.4 Å². The van der Waals surface area contributed by atoms with E-state index in [4.69, 9.17) is 5.73 Å². The Balaban J connectivity index is 4.53. The van der Waals surface area contributed by atoms with Crippen LogP contribution in [-0.4, -0.2) is 37.9 Å². The minimum absolute atomic E-state index is 0.449. The van der Waals surface area contributed by atoms with Crippen molar-refractivity contribution in [1.29, 1.82) is 0 Å². The second-order valence-corrected chi connectivity index (χ2v) is 6.16. The van der Waals surface area contributed by atoms with Gasteiger partial charge in [-0.3, -0.25) is 0 Å². The molecule has 0 aliphatic heterocycles. The zero-order valence-corrected chi connectivity index (χ0v) is 10.9. The molecule has 0 radical (unpaired) electrons. The zero-order valence-electron chi connectivity index (χ0n) is 10.1. The lowest BCUT2D eigenvalue weighted by atomic mass is 10.1. The van der Waals surface area contributed by atoms with Gasteiger partial charge in [-0.25, -0.2) is 0 Å². The fraction of sp³-hybridized carbons (Fsp3) is 1.00. The first-order valence-electron chi connectivity index (χ1n) is 5.22. The van der Waals surface area contributed by atoms with E-state index in [0.717, 1.165) is 0 Å². The van der Waals surface area contributed by atoms with Gasteiger partial charge in [-0.05, 0) is 33.7 Å². The van der Waals surface area contributed by atoms with Crippen molar-refractivity contribution in [3.05, 3.63) is 0 Å². The molecular formula is C9H23N3O2S. The maximum atomic E-state index is 11.9. The van der Waals surface area contributed by atoms with E-state index in [2.05, 4.69) is 4.72 Å². The summed E-state index contributed by atoms with van der Waals surface area (Å²) in [5.74, 6) is 0. The van der Waals surface area contributed by atoms with E-state index < -0.39 is 15.7 Å². The Morgan fingerprint density at radius 3 is 2.20 bits per heavy atom. The summed E-state index contributed by atoms with van der Waals surface area (Å²) in [5.41, 5.74) is 4.91. The van der Waals surface area contributed by atoms with Crippen LogP contribution in [0.1, 0.15) is 34.1 Å². The molecule has 0 fully saturated rings. The van der Waals surface area contributed by atoms with Crippen LogP contribution < -0.4 is 10.5 Å². The molecule has 0 rings (SSSR count). The Morgan fingerprint density at radius 1 is 1.33 bits per heavy atom. The molecule has 0 aromatic heterocycles. The van der Waals surface area contributed by atoms with Crippen molar-refractivity contribution in [3.8, 4) is 0 Å². The fourth-order valence-electron chi connectivity index (χ4n) is 1.17. The highest BCUT2D eigenvalue weighted by Crippen LogP contribution is 2.06. The molecule has 0 aliphatic rings. The Labute approximate surface area is 93.2 Å². The molecule has 0 spiro atoms. The lowest BCUT2D eigenvalue weighted by Gasteiger charge is -2.26. The van der Waals surface area contributed by atoms with E-state index in [1.807, 2.05) is 27.7 Å². The molecule has 0 saturated carbocycles. The van der Waals surface area contributed by atoms with Crippen LogP contribution in [0.15, 0.2) is 0 Å². The molecule has 15 heavy (non-hydrogen) atoms. The van der Waals surface area contributed by atoms with Crippen molar-refractivity contribution in [2.45, 2.75) is 39.7 Å². The number of nitrogens with zero attached hydrogens (tertiary/aromatic N) is 1. The maximum absolute atomic E-state index is 11.9. The molecule has 0 aliphatic carbocycles. The van der Waals surface area contributed by atoms with Gasteiger partial charge in [-0.1, -0.05) is 6.92 Å². The van der Waals surface area contributed by atoms with Gasteiger partial charge in [0.25, 0.3) is 10.2 Å². The lowest BCUT2D eigenvalue weighted by molar-refractivity contribution is 0.393. The summed E-state index contributed by atoms with van der Waals surface area (Å²) in [6.45, 7) is 8.72. The first kappa shape index (κ1) is 14.8. The lowest BCUT2D eigenvalue weighted by Crippen LogP contribution is -2.49. The Bertz CT molecular complexity index is 270. The number of rotatable bonds is 6. The molecule has 0 atom stereocenters. The molecular weight excluding hydrogens is 214 g/mol. The normalized spacial score (nSPS) is 13.5. The van der Waals surface area contributed by atoms with Gasteiger partial charge < -0.3 is 5.73 Å². The average molecular weight is 237 g/mol. The van der Waals surface area contributed by atoms with Gasteiger partial charge in [0.2, 0.25) is 0 Å². The highest BCUT2D eigenvalue weighted by molar-refractivity contribution is 7.87. The van der Waals surface area contributed by atoms with Crippen LogP contribution in [0.2, 0.25) is 0 Å². The molecule has 5 nitrogen and oxygen atoms in total. The molecule has 0 unspecified atom stereocenters. The Hall–Kier alpha value is -0.170. The number of nitrogens with two attached hydrogens (primary N) is 1. The molecule has 0 heterocycles. The van der Waals surface area contributed by atoms with Crippen LogP contribution in [0.4, 0.5) is 0 Å². The van der Waals surface area contributed by atoms with E-state index in [0.29, 0.717) is 26.1 Å². The second-order valence-electron chi connectivity index (χ2n) is 4.49. The molecule has 0 saturated heterocycles. The van der Waals surface area contributed by atoms with Gasteiger partial charge in [0, 0.05) is 18.6 Å². The fourth-order valence-corrected chi connectivity index (χ4v) is 2.78. The largest absolute Gasteiger partial charge is 0.330 e. The van der Waals surface area contributed by atoms with E-state index in [9.17, 15) is 8.42 Å². The van der Waals surface area contributed by atoms with Crippen molar-refractivity contribution < 1.29 is 8.42 Å².